The van der Waals surface area contributed by atoms with Crippen LogP contribution in [0.4, 0.5) is 0 Å². The number of nitrogens with one attached hydrogen (secondary N) is 2. The lowest BCUT2D eigenvalue weighted by Gasteiger charge is -2.23. The van der Waals surface area contributed by atoms with E-state index < -0.39 is 0 Å². The fourth-order valence-corrected chi connectivity index (χ4v) is 2.49. The minimum Gasteiger partial charge on any atom is -0.385 e. The first kappa shape index (κ1) is 17.9. The van der Waals surface area contributed by atoms with Gasteiger partial charge in [0.1, 0.15) is 5.69 Å². The molecule has 1 amide bonds. The Hall–Kier alpha value is -1.17. The molecule has 1 aromatic rings. The molecule has 1 fully saturated rings. The van der Waals surface area contributed by atoms with Gasteiger partial charge in [-0.15, -0.1) is 12.4 Å². The van der Waals surface area contributed by atoms with Crippen molar-refractivity contribution in [2.75, 3.05) is 33.4 Å². The predicted molar refractivity (Wildman–Crippen MR) is 85.2 cm³/mol. The lowest BCUT2D eigenvalue weighted by molar-refractivity contribution is 0.0943. The van der Waals surface area contributed by atoms with Crippen LogP contribution in [-0.4, -0.2) is 44.2 Å². The van der Waals surface area contributed by atoms with Crippen molar-refractivity contribution < 1.29 is 9.53 Å². The van der Waals surface area contributed by atoms with E-state index in [-0.39, 0.29) is 18.3 Å². The Bertz CT molecular complexity index is 437. The number of nitrogens with zero attached hydrogens (tertiary/aromatic N) is 1. The molecule has 0 radical (unpaired) electrons. The third-order valence-electron chi connectivity index (χ3n) is 3.64. The Morgan fingerprint density at radius 3 is 2.95 bits per heavy atom. The molecule has 0 atom stereocenters. The first-order valence-electron chi connectivity index (χ1n) is 7.25. The van der Waals surface area contributed by atoms with E-state index in [1.165, 1.54) is 5.56 Å². The van der Waals surface area contributed by atoms with Gasteiger partial charge in [-0.25, -0.2) is 0 Å². The molecule has 1 aromatic heterocycles. The number of piperidine rings is 1. The zero-order valence-corrected chi connectivity index (χ0v) is 13.2. The molecule has 6 heteroatoms. The molecule has 0 spiro atoms. The number of amides is 1. The molecular weight excluding hydrogens is 290 g/mol. The Kier molecular flexibility index (Phi) is 8.27. The van der Waals surface area contributed by atoms with Crippen LogP contribution >= 0.6 is 12.4 Å². The van der Waals surface area contributed by atoms with Gasteiger partial charge in [0, 0.05) is 26.5 Å². The normalized spacial score (nSPS) is 15.3. The third-order valence-corrected chi connectivity index (χ3v) is 3.64. The molecular formula is C15H24ClN3O2. The van der Waals surface area contributed by atoms with E-state index in [0.29, 0.717) is 24.8 Å². The number of hydrogen-bond acceptors (Lipinski definition) is 4. The molecule has 0 unspecified atom stereocenters. The summed E-state index contributed by atoms with van der Waals surface area (Å²) < 4.78 is 4.95. The fourth-order valence-electron chi connectivity index (χ4n) is 2.49. The summed E-state index contributed by atoms with van der Waals surface area (Å²) in [4.78, 5) is 16.2. The Morgan fingerprint density at radius 2 is 2.24 bits per heavy atom. The molecule has 0 bridgehead atoms. The van der Waals surface area contributed by atoms with Crippen molar-refractivity contribution in [2.45, 2.75) is 25.2 Å². The molecule has 2 N–H and O–H groups in total. The van der Waals surface area contributed by atoms with E-state index in [1.807, 2.05) is 12.1 Å². The second-order valence-electron chi connectivity index (χ2n) is 5.10. The maximum atomic E-state index is 12.0. The standard InChI is InChI=1S/C15H23N3O2.ClH/c1-20-10-2-6-18-15(19)14-11-13(5-9-17-14)12-3-7-16-8-4-12;/h5,9,11-12,16H,2-4,6-8,10H2,1H3,(H,18,19);1H. The quantitative estimate of drug-likeness (QED) is 0.785. The van der Waals surface area contributed by atoms with Gasteiger partial charge in [-0.1, -0.05) is 0 Å². The number of ether oxygens (including phenoxy) is 1. The summed E-state index contributed by atoms with van der Waals surface area (Å²) in [6.07, 6.45) is 4.80. The first-order chi connectivity index (χ1) is 9.81. The highest BCUT2D eigenvalue weighted by Crippen LogP contribution is 2.24. The summed E-state index contributed by atoms with van der Waals surface area (Å²) in [7, 11) is 1.66. The highest BCUT2D eigenvalue weighted by Gasteiger charge is 2.17. The van der Waals surface area contributed by atoms with Crippen LogP contribution < -0.4 is 10.6 Å². The van der Waals surface area contributed by atoms with Gasteiger partial charge in [0.2, 0.25) is 0 Å². The van der Waals surface area contributed by atoms with E-state index in [9.17, 15) is 4.79 Å². The van der Waals surface area contributed by atoms with Crippen molar-refractivity contribution in [3.8, 4) is 0 Å². The van der Waals surface area contributed by atoms with Crippen LogP contribution in [0.25, 0.3) is 0 Å². The van der Waals surface area contributed by atoms with Crippen LogP contribution in [0.15, 0.2) is 18.3 Å². The largest absolute Gasteiger partial charge is 0.385 e. The molecule has 21 heavy (non-hydrogen) atoms. The van der Waals surface area contributed by atoms with Crippen LogP contribution in [0.5, 0.6) is 0 Å². The maximum Gasteiger partial charge on any atom is 0.269 e. The predicted octanol–water partition coefficient (Wildman–Crippen LogP) is 1.74. The average molecular weight is 314 g/mol. The van der Waals surface area contributed by atoms with Crippen molar-refractivity contribution in [2.24, 2.45) is 0 Å². The van der Waals surface area contributed by atoms with E-state index in [4.69, 9.17) is 4.74 Å². The van der Waals surface area contributed by atoms with Crippen LogP contribution in [0.1, 0.15) is 41.2 Å². The molecule has 0 aromatic carbocycles. The lowest BCUT2D eigenvalue weighted by Crippen LogP contribution is -2.28. The number of carbonyl (C=O) groups is 1. The smallest absolute Gasteiger partial charge is 0.269 e. The minimum absolute atomic E-state index is 0. The third kappa shape index (κ3) is 5.61. The monoisotopic (exact) mass is 313 g/mol. The van der Waals surface area contributed by atoms with Gasteiger partial charge in [0.05, 0.1) is 0 Å². The summed E-state index contributed by atoms with van der Waals surface area (Å²) in [5, 5.41) is 6.23. The molecule has 0 saturated carbocycles. The highest BCUT2D eigenvalue weighted by molar-refractivity contribution is 5.92. The zero-order chi connectivity index (χ0) is 14.2. The molecule has 118 valence electrons. The molecule has 2 heterocycles. The number of pyridine rings is 1. The number of hydrogen-bond donors (Lipinski definition) is 2. The molecule has 0 aliphatic carbocycles. The van der Waals surface area contributed by atoms with Gasteiger partial charge >= 0.3 is 0 Å². The summed E-state index contributed by atoms with van der Waals surface area (Å²) in [6.45, 7) is 3.37. The molecule has 2 rings (SSSR count). The van der Waals surface area contributed by atoms with Crippen molar-refractivity contribution in [1.82, 2.24) is 15.6 Å². The lowest BCUT2D eigenvalue weighted by atomic mass is 9.90. The van der Waals surface area contributed by atoms with E-state index in [0.717, 1.165) is 32.4 Å². The van der Waals surface area contributed by atoms with Gasteiger partial charge in [-0.2, -0.15) is 0 Å². The van der Waals surface area contributed by atoms with Crippen molar-refractivity contribution >= 4 is 18.3 Å². The van der Waals surface area contributed by atoms with Gasteiger partial charge in [-0.05, 0) is 56.0 Å². The van der Waals surface area contributed by atoms with Crippen molar-refractivity contribution in [3.05, 3.63) is 29.6 Å². The number of carbonyl (C=O) groups excluding carboxylic acids is 1. The molecule has 1 saturated heterocycles. The number of halogens is 1. The van der Waals surface area contributed by atoms with Gasteiger partial charge in [0.15, 0.2) is 0 Å². The highest BCUT2D eigenvalue weighted by atomic mass is 35.5. The van der Waals surface area contributed by atoms with Crippen molar-refractivity contribution in [1.29, 1.82) is 0 Å². The zero-order valence-electron chi connectivity index (χ0n) is 12.4. The van der Waals surface area contributed by atoms with Crippen LogP contribution in [0.2, 0.25) is 0 Å². The van der Waals surface area contributed by atoms with Gasteiger partial charge in [0.25, 0.3) is 5.91 Å². The van der Waals surface area contributed by atoms with E-state index in [1.54, 1.807) is 13.3 Å². The van der Waals surface area contributed by atoms with Crippen LogP contribution in [0.3, 0.4) is 0 Å². The van der Waals surface area contributed by atoms with Crippen LogP contribution in [0, 0.1) is 0 Å². The maximum absolute atomic E-state index is 12.0. The Balaban J connectivity index is 0.00000220. The summed E-state index contributed by atoms with van der Waals surface area (Å²) in [5.41, 5.74) is 1.74. The summed E-state index contributed by atoms with van der Waals surface area (Å²) in [5.74, 6) is 0.441. The summed E-state index contributed by atoms with van der Waals surface area (Å²) >= 11 is 0. The Labute approximate surface area is 132 Å². The van der Waals surface area contributed by atoms with E-state index >= 15 is 0 Å². The Morgan fingerprint density at radius 1 is 1.48 bits per heavy atom. The number of rotatable bonds is 6. The van der Waals surface area contributed by atoms with E-state index in [2.05, 4.69) is 15.6 Å². The molecule has 1 aliphatic heterocycles. The average Bonchev–Trinajstić information content (AvgIpc) is 2.52. The van der Waals surface area contributed by atoms with Gasteiger partial charge in [-0.3, -0.25) is 9.78 Å². The minimum atomic E-state index is -0.100. The SMILES string of the molecule is COCCCNC(=O)c1cc(C2CCNCC2)ccn1.Cl. The molecule has 1 aliphatic rings. The fraction of sp³-hybridized carbons (Fsp3) is 0.600. The molecule has 5 nitrogen and oxygen atoms in total. The topological polar surface area (TPSA) is 63.2 Å². The number of aromatic nitrogens is 1. The van der Waals surface area contributed by atoms with Crippen LogP contribution in [-0.2, 0) is 4.74 Å². The van der Waals surface area contributed by atoms with Gasteiger partial charge < -0.3 is 15.4 Å². The second kappa shape index (κ2) is 9.71. The first-order valence-corrected chi connectivity index (χ1v) is 7.25. The number of methoxy groups -OCH3 is 1. The van der Waals surface area contributed by atoms with Crippen molar-refractivity contribution in [3.63, 3.8) is 0 Å². The summed E-state index contributed by atoms with van der Waals surface area (Å²) in [6, 6.07) is 3.96. The second-order valence-corrected chi connectivity index (χ2v) is 5.10.